The average Bonchev–Trinajstić information content (AvgIpc) is 2.08. The fourth-order valence-corrected chi connectivity index (χ4v) is 2.31. The van der Waals surface area contributed by atoms with Gasteiger partial charge in [-0.2, -0.15) is 11.8 Å². The third kappa shape index (κ3) is 6.05. The van der Waals surface area contributed by atoms with Crippen LogP contribution in [0.5, 0.6) is 0 Å². The van der Waals surface area contributed by atoms with Gasteiger partial charge >= 0.3 is 0 Å². The van der Waals surface area contributed by atoms with Crippen molar-refractivity contribution in [1.29, 1.82) is 0 Å². The maximum Gasteiger partial charge on any atom is 0.229 e. The second-order valence-electron chi connectivity index (χ2n) is 4.57. The summed E-state index contributed by atoms with van der Waals surface area (Å²) in [6.07, 6.45) is 1.07. The standard InChI is InChI=1S/C11H22N2OS/c1-9(2)3-4-13-11(14)8-15-7-10-5-12-6-10/h9-10,12H,3-8H2,1-2H3,(H,13,14). The van der Waals surface area contributed by atoms with Crippen LogP contribution in [-0.2, 0) is 4.79 Å². The van der Waals surface area contributed by atoms with Crippen molar-refractivity contribution in [3.63, 3.8) is 0 Å². The lowest BCUT2D eigenvalue weighted by molar-refractivity contribution is -0.118. The van der Waals surface area contributed by atoms with E-state index in [4.69, 9.17) is 0 Å². The Morgan fingerprint density at radius 2 is 2.27 bits per heavy atom. The minimum Gasteiger partial charge on any atom is -0.355 e. The summed E-state index contributed by atoms with van der Waals surface area (Å²) < 4.78 is 0. The van der Waals surface area contributed by atoms with E-state index in [0.29, 0.717) is 11.7 Å². The molecular weight excluding hydrogens is 208 g/mol. The fourth-order valence-electron chi connectivity index (χ4n) is 1.34. The molecule has 0 aromatic rings. The molecule has 0 aromatic carbocycles. The monoisotopic (exact) mass is 230 g/mol. The van der Waals surface area contributed by atoms with E-state index in [1.807, 2.05) is 0 Å². The number of hydrogen-bond donors (Lipinski definition) is 2. The van der Waals surface area contributed by atoms with Crippen molar-refractivity contribution in [3.05, 3.63) is 0 Å². The molecular formula is C11H22N2OS. The minimum absolute atomic E-state index is 0.188. The lowest BCUT2D eigenvalue weighted by atomic mass is 10.1. The lowest BCUT2D eigenvalue weighted by Gasteiger charge is -2.26. The second-order valence-corrected chi connectivity index (χ2v) is 5.60. The van der Waals surface area contributed by atoms with Crippen LogP contribution in [0.25, 0.3) is 0 Å². The first-order chi connectivity index (χ1) is 7.18. The summed E-state index contributed by atoms with van der Waals surface area (Å²) in [6, 6.07) is 0. The molecule has 15 heavy (non-hydrogen) atoms. The molecule has 0 unspecified atom stereocenters. The SMILES string of the molecule is CC(C)CCNC(=O)CSCC1CNC1. The largest absolute Gasteiger partial charge is 0.355 e. The van der Waals surface area contributed by atoms with Crippen LogP contribution in [0.2, 0.25) is 0 Å². The smallest absolute Gasteiger partial charge is 0.229 e. The molecule has 0 aliphatic carbocycles. The van der Waals surface area contributed by atoms with Crippen molar-refractivity contribution >= 4 is 17.7 Å². The lowest BCUT2D eigenvalue weighted by Crippen LogP contribution is -2.43. The number of hydrogen-bond acceptors (Lipinski definition) is 3. The summed E-state index contributed by atoms with van der Waals surface area (Å²) in [5, 5.41) is 6.18. The van der Waals surface area contributed by atoms with Gasteiger partial charge in [-0.1, -0.05) is 13.8 Å². The molecule has 4 heteroatoms. The van der Waals surface area contributed by atoms with Gasteiger partial charge in [0.25, 0.3) is 0 Å². The van der Waals surface area contributed by atoms with Gasteiger partial charge in [-0.05, 0) is 37.1 Å². The molecule has 2 N–H and O–H groups in total. The van der Waals surface area contributed by atoms with Gasteiger partial charge < -0.3 is 10.6 Å². The highest BCUT2D eigenvalue weighted by Gasteiger charge is 2.16. The number of carbonyl (C=O) groups excluding carboxylic acids is 1. The predicted octanol–water partition coefficient (Wildman–Crippen LogP) is 1.10. The minimum atomic E-state index is 0.188. The van der Waals surface area contributed by atoms with Crippen molar-refractivity contribution in [3.8, 4) is 0 Å². The molecule has 0 saturated carbocycles. The van der Waals surface area contributed by atoms with Gasteiger partial charge in [-0.25, -0.2) is 0 Å². The van der Waals surface area contributed by atoms with Gasteiger partial charge in [0.15, 0.2) is 0 Å². The molecule has 1 amide bonds. The van der Waals surface area contributed by atoms with E-state index in [0.717, 1.165) is 37.7 Å². The Labute approximate surface area is 96.8 Å². The summed E-state index contributed by atoms with van der Waals surface area (Å²) >= 11 is 1.75. The zero-order valence-electron chi connectivity index (χ0n) is 9.71. The molecule has 3 nitrogen and oxygen atoms in total. The normalized spacial score (nSPS) is 16.5. The first-order valence-electron chi connectivity index (χ1n) is 5.73. The first-order valence-corrected chi connectivity index (χ1v) is 6.89. The Morgan fingerprint density at radius 3 is 2.80 bits per heavy atom. The predicted molar refractivity (Wildman–Crippen MR) is 66.1 cm³/mol. The number of carbonyl (C=O) groups is 1. The van der Waals surface area contributed by atoms with Gasteiger partial charge in [0.1, 0.15) is 0 Å². The molecule has 1 aliphatic rings. The van der Waals surface area contributed by atoms with E-state index >= 15 is 0 Å². The Morgan fingerprint density at radius 1 is 1.53 bits per heavy atom. The van der Waals surface area contributed by atoms with E-state index in [1.165, 1.54) is 0 Å². The number of thioether (sulfide) groups is 1. The van der Waals surface area contributed by atoms with Crippen LogP contribution < -0.4 is 10.6 Å². The molecule has 0 aromatic heterocycles. The molecule has 1 saturated heterocycles. The Balaban J connectivity index is 1.88. The maximum atomic E-state index is 11.4. The highest BCUT2D eigenvalue weighted by Crippen LogP contribution is 2.11. The highest BCUT2D eigenvalue weighted by atomic mass is 32.2. The zero-order valence-corrected chi connectivity index (χ0v) is 10.5. The number of nitrogens with one attached hydrogen (secondary N) is 2. The summed E-state index contributed by atoms with van der Waals surface area (Å²) in [5.41, 5.74) is 0. The number of amides is 1. The van der Waals surface area contributed by atoms with Gasteiger partial charge in [0.2, 0.25) is 5.91 Å². The van der Waals surface area contributed by atoms with Crippen LogP contribution in [0.3, 0.4) is 0 Å². The second kappa shape index (κ2) is 7.12. The molecule has 1 fully saturated rings. The topological polar surface area (TPSA) is 41.1 Å². The van der Waals surface area contributed by atoms with Crippen molar-refractivity contribution in [2.45, 2.75) is 20.3 Å². The summed E-state index contributed by atoms with van der Waals surface area (Å²) in [6.45, 7) is 7.42. The van der Waals surface area contributed by atoms with Gasteiger partial charge in [-0.15, -0.1) is 0 Å². The Hall–Kier alpha value is -0.220. The summed E-state index contributed by atoms with van der Waals surface area (Å²) in [5.74, 6) is 3.38. The molecule has 1 aliphatic heterocycles. The Bertz CT molecular complexity index is 193. The summed E-state index contributed by atoms with van der Waals surface area (Å²) in [7, 11) is 0. The van der Waals surface area contributed by atoms with Gasteiger partial charge in [0.05, 0.1) is 5.75 Å². The van der Waals surface area contributed by atoms with E-state index < -0.39 is 0 Å². The molecule has 0 bridgehead atoms. The van der Waals surface area contributed by atoms with Crippen LogP contribution in [0.15, 0.2) is 0 Å². The van der Waals surface area contributed by atoms with E-state index in [2.05, 4.69) is 24.5 Å². The third-order valence-corrected chi connectivity index (χ3v) is 3.67. The van der Waals surface area contributed by atoms with Crippen LogP contribution in [-0.4, -0.2) is 37.0 Å². The van der Waals surface area contributed by atoms with E-state index in [-0.39, 0.29) is 5.91 Å². The maximum absolute atomic E-state index is 11.4. The van der Waals surface area contributed by atoms with E-state index in [1.54, 1.807) is 11.8 Å². The van der Waals surface area contributed by atoms with Crippen molar-refractivity contribution in [2.75, 3.05) is 31.1 Å². The number of rotatable bonds is 7. The quantitative estimate of drug-likeness (QED) is 0.688. The van der Waals surface area contributed by atoms with Crippen LogP contribution in [0.1, 0.15) is 20.3 Å². The van der Waals surface area contributed by atoms with Gasteiger partial charge in [-0.3, -0.25) is 4.79 Å². The molecule has 0 radical (unpaired) electrons. The molecule has 88 valence electrons. The molecule has 1 heterocycles. The summed E-state index contributed by atoms with van der Waals surface area (Å²) in [4.78, 5) is 11.4. The third-order valence-electron chi connectivity index (χ3n) is 2.50. The molecule has 1 rings (SSSR count). The van der Waals surface area contributed by atoms with Crippen LogP contribution >= 0.6 is 11.8 Å². The van der Waals surface area contributed by atoms with Crippen LogP contribution in [0, 0.1) is 11.8 Å². The van der Waals surface area contributed by atoms with Gasteiger partial charge in [0, 0.05) is 6.54 Å². The van der Waals surface area contributed by atoms with Crippen molar-refractivity contribution < 1.29 is 4.79 Å². The Kier molecular flexibility index (Phi) is 6.10. The molecule has 0 spiro atoms. The zero-order chi connectivity index (χ0) is 11.1. The first kappa shape index (κ1) is 12.8. The van der Waals surface area contributed by atoms with Crippen molar-refractivity contribution in [2.24, 2.45) is 11.8 Å². The fraction of sp³-hybridized carbons (Fsp3) is 0.909. The van der Waals surface area contributed by atoms with Crippen molar-refractivity contribution in [1.82, 2.24) is 10.6 Å². The van der Waals surface area contributed by atoms with Crippen LogP contribution in [0.4, 0.5) is 0 Å². The highest BCUT2D eigenvalue weighted by molar-refractivity contribution is 7.99. The van der Waals surface area contributed by atoms with E-state index in [9.17, 15) is 4.79 Å². The molecule has 0 atom stereocenters. The average molecular weight is 230 g/mol.